The molecular weight excluding hydrogens is 238 g/mol. The monoisotopic (exact) mass is 259 g/mol. The van der Waals surface area contributed by atoms with E-state index < -0.39 is 0 Å². The Morgan fingerprint density at radius 3 is 2.74 bits per heavy atom. The number of anilines is 1. The van der Waals surface area contributed by atoms with Crippen molar-refractivity contribution in [2.75, 3.05) is 12.4 Å². The largest absolute Gasteiger partial charge is 0.373 e. The quantitative estimate of drug-likeness (QED) is 0.897. The van der Waals surface area contributed by atoms with Gasteiger partial charge in [-0.2, -0.15) is 5.10 Å². The van der Waals surface area contributed by atoms with E-state index in [4.69, 9.17) is 0 Å². The molecule has 0 amide bonds. The van der Waals surface area contributed by atoms with Gasteiger partial charge in [0.25, 0.3) is 0 Å². The van der Waals surface area contributed by atoms with Gasteiger partial charge in [0, 0.05) is 31.8 Å². The van der Waals surface area contributed by atoms with Crippen molar-refractivity contribution in [3.05, 3.63) is 24.2 Å². The number of hydrogen-bond donors (Lipinski definition) is 1. The normalized spacial score (nSPS) is 11.0. The highest BCUT2D eigenvalue weighted by molar-refractivity contribution is 5.58. The van der Waals surface area contributed by atoms with E-state index >= 15 is 0 Å². The predicted octanol–water partition coefficient (Wildman–Crippen LogP) is 2.92. The zero-order valence-corrected chi connectivity index (χ0v) is 12.0. The van der Waals surface area contributed by atoms with Crippen molar-refractivity contribution in [3.63, 3.8) is 0 Å². The lowest BCUT2D eigenvalue weighted by Gasteiger charge is -2.11. The Labute approximate surface area is 114 Å². The van der Waals surface area contributed by atoms with Crippen molar-refractivity contribution in [2.24, 2.45) is 0 Å². The molecule has 0 unspecified atom stereocenters. The molecule has 1 N–H and O–H groups in total. The molecule has 0 radical (unpaired) electrons. The van der Waals surface area contributed by atoms with Crippen LogP contribution in [0.5, 0.6) is 0 Å². The van der Waals surface area contributed by atoms with E-state index in [0.717, 1.165) is 36.0 Å². The maximum atomic E-state index is 4.65. The van der Waals surface area contributed by atoms with Crippen LogP contribution in [0.25, 0.3) is 11.4 Å². The number of rotatable bonds is 5. The molecule has 2 heterocycles. The fourth-order valence-electron chi connectivity index (χ4n) is 1.92. The molecule has 0 aliphatic rings. The van der Waals surface area contributed by atoms with Gasteiger partial charge in [0.2, 0.25) is 0 Å². The van der Waals surface area contributed by atoms with Gasteiger partial charge in [-0.05, 0) is 12.5 Å². The highest BCUT2D eigenvalue weighted by Crippen LogP contribution is 2.22. The van der Waals surface area contributed by atoms with Crippen LogP contribution in [-0.2, 0) is 6.54 Å². The van der Waals surface area contributed by atoms with E-state index in [9.17, 15) is 0 Å². The minimum absolute atomic E-state index is 0.301. The lowest BCUT2D eigenvalue weighted by molar-refractivity contribution is 0.607. The van der Waals surface area contributed by atoms with E-state index in [1.54, 1.807) is 0 Å². The summed E-state index contributed by atoms with van der Waals surface area (Å²) in [5.74, 6) is 2.00. The molecule has 0 aliphatic heterocycles. The van der Waals surface area contributed by atoms with Crippen molar-refractivity contribution < 1.29 is 0 Å². The molecule has 0 saturated heterocycles. The van der Waals surface area contributed by atoms with Crippen LogP contribution in [0, 0.1) is 0 Å². The molecule has 5 nitrogen and oxygen atoms in total. The Morgan fingerprint density at radius 2 is 2.11 bits per heavy atom. The molecule has 0 fully saturated rings. The van der Waals surface area contributed by atoms with Crippen LogP contribution in [0.2, 0.25) is 0 Å². The molecular formula is C14H21N5. The van der Waals surface area contributed by atoms with Crippen LogP contribution in [0.1, 0.15) is 38.9 Å². The summed E-state index contributed by atoms with van der Waals surface area (Å²) in [6, 6.07) is 3.97. The first-order valence-corrected chi connectivity index (χ1v) is 6.74. The Kier molecular flexibility index (Phi) is 4.14. The van der Waals surface area contributed by atoms with Crippen LogP contribution in [0.15, 0.2) is 18.3 Å². The van der Waals surface area contributed by atoms with Gasteiger partial charge in [0.1, 0.15) is 11.6 Å². The van der Waals surface area contributed by atoms with Gasteiger partial charge in [0.15, 0.2) is 0 Å². The number of aromatic nitrogens is 4. The Balaban J connectivity index is 2.48. The molecule has 0 atom stereocenters. The predicted molar refractivity (Wildman–Crippen MR) is 77.2 cm³/mol. The van der Waals surface area contributed by atoms with Crippen LogP contribution >= 0.6 is 0 Å². The van der Waals surface area contributed by atoms with Gasteiger partial charge in [-0.1, -0.05) is 20.8 Å². The Morgan fingerprint density at radius 1 is 1.32 bits per heavy atom. The van der Waals surface area contributed by atoms with E-state index in [1.165, 1.54) is 0 Å². The number of aryl methyl sites for hydroxylation is 1. The number of hydrogen-bond acceptors (Lipinski definition) is 4. The zero-order valence-electron chi connectivity index (χ0n) is 12.0. The summed E-state index contributed by atoms with van der Waals surface area (Å²) >= 11 is 0. The van der Waals surface area contributed by atoms with Crippen molar-refractivity contribution in [1.82, 2.24) is 19.7 Å². The fraction of sp³-hybridized carbons (Fsp3) is 0.500. The first kappa shape index (κ1) is 13.5. The summed E-state index contributed by atoms with van der Waals surface area (Å²) in [6.07, 6.45) is 2.87. The highest BCUT2D eigenvalue weighted by atomic mass is 15.3. The lowest BCUT2D eigenvalue weighted by atomic mass is 10.2. The third-order valence-electron chi connectivity index (χ3n) is 2.93. The van der Waals surface area contributed by atoms with Gasteiger partial charge in [-0.25, -0.2) is 9.97 Å². The average Bonchev–Trinajstić information content (AvgIpc) is 2.87. The second kappa shape index (κ2) is 5.82. The van der Waals surface area contributed by atoms with Crippen molar-refractivity contribution in [2.45, 2.75) is 39.7 Å². The summed E-state index contributed by atoms with van der Waals surface area (Å²) in [4.78, 5) is 9.14. The van der Waals surface area contributed by atoms with Crippen LogP contribution < -0.4 is 5.32 Å². The van der Waals surface area contributed by atoms with E-state index in [0.29, 0.717) is 5.92 Å². The molecule has 0 saturated carbocycles. The van der Waals surface area contributed by atoms with Gasteiger partial charge in [-0.3, -0.25) is 4.68 Å². The van der Waals surface area contributed by atoms with Gasteiger partial charge in [0.05, 0.1) is 11.4 Å². The molecule has 2 aromatic heterocycles. The van der Waals surface area contributed by atoms with E-state index in [-0.39, 0.29) is 0 Å². The third kappa shape index (κ3) is 2.92. The SMILES string of the molecule is CCCn1nccc1-c1cc(NC)nc(C(C)C)n1. The Bertz CT molecular complexity index is 545. The smallest absolute Gasteiger partial charge is 0.134 e. The van der Waals surface area contributed by atoms with Gasteiger partial charge >= 0.3 is 0 Å². The molecule has 0 bridgehead atoms. The maximum Gasteiger partial charge on any atom is 0.134 e. The maximum absolute atomic E-state index is 4.65. The van der Waals surface area contributed by atoms with E-state index in [2.05, 4.69) is 41.2 Å². The third-order valence-corrected chi connectivity index (χ3v) is 2.93. The standard InChI is InChI=1S/C14H21N5/c1-5-8-19-12(6-7-16-19)11-9-13(15-4)18-14(17-11)10(2)3/h6-7,9-10H,5,8H2,1-4H3,(H,15,17,18). The van der Waals surface area contributed by atoms with E-state index in [1.807, 2.05) is 30.1 Å². The van der Waals surface area contributed by atoms with Crippen LogP contribution in [-0.4, -0.2) is 26.8 Å². The summed E-state index contributed by atoms with van der Waals surface area (Å²) in [5.41, 5.74) is 1.97. The lowest BCUT2D eigenvalue weighted by Crippen LogP contribution is -2.06. The van der Waals surface area contributed by atoms with Gasteiger partial charge < -0.3 is 5.32 Å². The van der Waals surface area contributed by atoms with Crippen molar-refractivity contribution in [1.29, 1.82) is 0 Å². The molecule has 19 heavy (non-hydrogen) atoms. The summed E-state index contributed by atoms with van der Waals surface area (Å²) < 4.78 is 1.99. The minimum Gasteiger partial charge on any atom is -0.373 e. The Hall–Kier alpha value is -1.91. The summed E-state index contributed by atoms with van der Waals surface area (Å²) in [6.45, 7) is 7.24. The molecule has 0 aromatic carbocycles. The topological polar surface area (TPSA) is 55.6 Å². The average molecular weight is 259 g/mol. The second-order valence-electron chi connectivity index (χ2n) is 4.84. The molecule has 2 aromatic rings. The molecule has 2 rings (SSSR count). The fourth-order valence-corrected chi connectivity index (χ4v) is 1.92. The van der Waals surface area contributed by atoms with Crippen molar-refractivity contribution in [3.8, 4) is 11.4 Å². The molecule has 5 heteroatoms. The zero-order chi connectivity index (χ0) is 13.8. The number of nitrogens with one attached hydrogen (secondary N) is 1. The van der Waals surface area contributed by atoms with Crippen LogP contribution in [0.3, 0.4) is 0 Å². The summed E-state index contributed by atoms with van der Waals surface area (Å²) in [7, 11) is 1.87. The first-order valence-electron chi connectivity index (χ1n) is 6.74. The second-order valence-corrected chi connectivity index (χ2v) is 4.84. The van der Waals surface area contributed by atoms with Gasteiger partial charge in [-0.15, -0.1) is 0 Å². The molecule has 0 spiro atoms. The minimum atomic E-state index is 0.301. The molecule has 102 valence electrons. The molecule has 0 aliphatic carbocycles. The number of nitrogens with zero attached hydrogens (tertiary/aromatic N) is 4. The van der Waals surface area contributed by atoms with Crippen molar-refractivity contribution >= 4 is 5.82 Å². The summed E-state index contributed by atoms with van der Waals surface area (Å²) in [5, 5.41) is 7.44. The first-order chi connectivity index (χ1) is 9.15. The highest BCUT2D eigenvalue weighted by Gasteiger charge is 2.12. The van der Waals surface area contributed by atoms with Crippen LogP contribution in [0.4, 0.5) is 5.82 Å².